The van der Waals surface area contributed by atoms with Gasteiger partial charge in [0, 0.05) is 6.92 Å². The summed E-state index contributed by atoms with van der Waals surface area (Å²) in [6, 6.07) is 9.01. The van der Waals surface area contributed by atoms with Crippen LogP contribution in [0.5, 0.6) is 0 Å². The Balaban J connectivity index is 2.95. The molecular formula is C13H17NO3. The standard InChI is InChI=1S/C13H17NO3/c1-9(13(16)17-3)12(14-10(2)15)11-7-5-4-6-8-11/h4-9,12H,1-3H3,(H,14,15)/t9-,12+/m0/s1. The fourth-order valence-corrected chi connectivity index (χ4v) is 1.70. The number of esters is 1. The van der Waals surface area contributed by atoms with Gasteiger partial charge in [0.05, 0.1) is 19.1 Å². The fraction of sp³-hybridized carbons (Fsp3) is 0.385. The van der Waals surface area contributed by atoms with Gasteiger partial charge in [-0.15, -0.1) is 0 Å². The number of hydrogen-bond donors (Lipinski definition) is 1. The van der Waals surface area contributed by atoms with E-state index in [0.717, 1.165) is 5.56 Å². The summed E-state index contributed by atoms with van der Waals surface area (Å²) < 4.78 is 4.71. The van der Waals surface area contributed by atoms with Crippen molar-refractivity contribution in [2.75, 3.05) is 7.11 Å². The maximum absolute atomic E-state index is 11.5. The lowest BCUT2D eigenvalue weighted by molar-refractivity contribution is -0.146. The summed E-state index contributed by atoms with van der Waals surface area (Å²) in [6.45, 7) is 3.17. The summed E-state index contributed by atoms with van der Waals surface area (Å²) in [5, 5.41) is 2.77. The van der Waals surface area contributed by atoms with Crippen molar-refractivity contribution in [3.05, 3.63) is 35.9 Å². The molecule has 4 heteroatoms. The second-order valence-corrected chi connectivity index (χ2v) is 3.90. The second-order valence-electron chi connectivity index (χ2n) is 3.90. The molecule has 4 nitrogen and oxygen atoms in total. The van der Waals surface area contributed by atoms with Crippen molar-refractivity contribution >= 4 is 11.9 Å². The molecule has 2 atom stereocenters. The van der Waals surface area contributed by atoms with Crippen molar-refractivity contribution in [1.82, 2.24) is 5.32 Å². The molecule has 0 fully saturated rings. The molecule has 0 aliphatic carbocycles. The number of nitrogens with one attached hydrogen (secondary N) is 1. The topological polar surface area (TPSA) is 55.4 Å². The van der Waals surface area contributed by atoms with Crippen molar-refractivity contribution < 1.29 is 14.3 Å². The number of carbonyl (C=O) groups excluding carboxylic acids is 2. The third-order valence-corrected chi connectivity index (χ3v) is 2.59. The molecule has 0 aromatic heterocycles. The normalized spacial score (nSPS) is 13.6. The zero-order valence-electron chi connectivity index (χ0n) is 10.3. The minimum absolute atomic E-state index is 0.172. The van der Waals surface area contributed by atoms with E-state index in [2.05, 4.69) is 5.32 Å². The van der Waals surface area contributed by atoms with Gasteiger partial charge in [0.15, 0.2) is 0 Å². The fourth-order valence-electron chi connectivity index (χ4n) is 1.70. The number of carbonyl (C=O) groups is 2. The number of methoxy groups -OCH3 is 1. The van der Waals surface area contributed by atoms with E-state index >= 15 is 0 Å². The van der Waals surface area contributed by atoms with Crippen LogP contribution in [0, 0.1) is 5.92 Å². The third-order valence-electron chi connectivity index (χ3n) is 2.59. The Labute approximate surface area is 101 Å². The highest BCUT2D eigenvalue weighted by molar-refractivity contribution is 5.77. The van der Waals surface area contributed by atoms with E-state index in [4.69, 9.17) is 4.74 Å². The molecule has 0 aliphatic heterocycles. The Kier molecular flexibility index (Phi) is 4.69. The first-order chi connectivity index (χ1) is 8.06. The summed E-state index contributed by atoms with van der Waals surface area (Å²) in [7, 11) is 1.34. The van der Waals surface area contributed by atoms with Crippen LogP contribution in [0.1, 0.15) is 25.5 Å². The van der Waals surface area contributed by atoms with Crippen LogP contribution in [-0.4, -0.2) is 19.0 Å². The van der Waals surface area contributed by atoms with Crippen molar-refractivity contribution in [2.45, 2.75) is 19.9 Å². The molecular weight excluding hydrogens is 218 g/mol. The average Bonchev–Trinajstić information content (AvgIpc) is 2.35. The molecule has 1 rings (SSSR count). The van der Waals surface area contributed by atoms with E-state index in [0.29, 0.717) is 0 Å². The maximum atomic E-state index is 11.5. The first-order valence-electron chi connectivity index (χ1n) is 5.46. The minimum atomic E-state index is -0.425. The van der Waals surface area contributed by atoms with E-state index in [1.807, 2.05) is 30.3 Å². The number of rotatable bonds is 4. The van der Waals surface area contributed by atoms with E-state index < -0.39 is 5.92 Å². The largest absolute Gasteiger partial charge is 0.469 e. The molecule has 0 spiro atoms. The van der Waals surface area contributed by atoms with E-state index in [1.54, 1.807) is 6.92 Å². The smallest absolute Gasteiger partial charge is 0.310 e. The quantitative estimate of drug-likeness (QED) is 0.808. The first-order valence-corrected chi connectivity index (χ1v) is 5.46. The molecule has 1 N–H and O–H groups in total. The van der Waals surface area contributed by atoms with E-state index in [9.17, 15) is 9.59 Å². The van der Waals surface area contributed by atoms with Gasteiger partial charge in [-0.1, -0.05) is 30.3 Å². The Morgan fingerprint density at radius 3 is 2.29 bits per heavy atom. The lowest BCUT2D eigenvalue weighted by atomic mass is 9.94. The van der Waals surface area contributed by atoms with Crippen LogP contribution in [0.15, 0.2) is 30.3 Å². The third kappa shape index (κ3) is 3.59. The van der Waals surface area contributed by atoms with Crippen LogP contribution in [0.25, 0.3) is 0 Å². The maximum Gasteiger partial charge on any atom is 0.310 e. The van der Waals surface area contributed by atoms with Gasteiger partial charge in [-0.05, 0) is 12.5 Å². The number of ether oxygens (including phenoxy) is 1. The molecule has 1 amide bonds. The average molecular weight is 235 g/mol. The first kappa shape index (κ1) is 13.2. The highest BCUT2D eigenvalue weighted by Crippen LogP contribution is 2.22. The molecule has 92 valence electrons. The summed E-state index contributed by atoms with van der Waals surface area (Å²) >= 11 is 0. The SMILES string of the molecule is COC(=O)[C@@H](C)[C@@H](NC(C)=O)c1ccccc1. The summed E-state index contributed by atoms with van der Waals surface area (Å²) in [5.41, 5.74) is 0.889. The molecule has 17 heavy (non-hydrogen) atoms. The van der Waals surface area contributed by atoms with Crippen molar-refractivity contribution in [3.8, 4) is 0 Å². The van der Waals surface area contributed by atoms with Gasteiger partial charge in [0.2, 0.25) is 5.91 Å². The predicted octanol–water partition coefficient (Wildman–Crippen LogP) is 1.67. The van der Waals surface area contributed by atoms with Gasteiger partial charge in [-0.2, -0.15) is 0 Å². The van der Waals surface area contributed by atoms with Gasteiger partial charge in [0.25, 0.3) is 0 Å². The Morgan fingerprint density at radius 1 is 1.24 bits per heavy atom. The number of hydrogen-bond acceptors (Lipinski definition) is 3. The summed E-state index contributed by atoms with van der Waals surface area (Å²) in [5.74, 6) is -0.937. The number of amides is 1. The van der Waals surface area contributed by atoms with Crippen LogP contribution < -0.4 is 5.32 Å². The number of benzene rings is 1. The van der Waals surface area contributed by atoms with Crippen molar-refractivity contribution in [3.63, 3.8) is 0 Å². The molecule has 0 bridgehead atoms. The van der Waals surface area contributed by atoms with Crippen LogP contribution in [0.2, 0.25) is 0 Å². The summed E-state index contributed by atoms with van der Waals surface area (Å²) in [4.78, 5) is 22.7. The Hall–Kier alpha value is -1.84. The lowest BCUT2D eigenvalue weighted by Gasteiger charge is -2.23. The van der Waals surface area contributed by atoms with Crippen molar-refractivity contribution in [1.29, 1.82) is 0 Å². The van der Waals surface area contributed by atoms with Crippen LogP contribution in [0.4, 0.5) is 0 Å². The lowest BCUT2D eigenvalue weighted by Crippen LogP contribution is -2.34. The van der Waals surface area contributed by atoms with Crippen molar-refractivity contribution in [2.24, 2.45) is 5.92 Å². The highest BCUT2D eigenvalue weighted by atomic mass is 16.5. The highest BCUT2D eigenvalue weighted by Gasteiger charge is 2.26. The molecule has 1 aromatic rings. The van der Waals surface area contributed by atoms with Crippen LogP contribution in [-0.2, 0) is 14.3 Å². The Bertz CT molecular complexity index is 389. The van der Waals surface area contributed by atoms with E-state index in [1.165, 1.54) is 14.0 Å². The predicted molar refractivity (Wildman–Crippen MR) is 64.2 cm³/mol. The minimum Gasteiger partial charge on any atom is -0.469 e. The van der Waals surface area contributed by atoms with Gasteiger partial charge < -0.3 is 10.1 Å². The Morgan fingerprint density at radius 2 is 1.82 bits per heavy atom. The van der Waals surface area contributed by atoms with Gasteiger partial charge in [0.1, 0.15) is 0 Å². The molecule has 1 aromatic carbocycles. The van der Waals surface area contributed by atoms with Crippen LogP contribution in [0.3, 0.4) is 0 Å². The molecule has 0 saturated heterocycles. The van der Waals surface area contributed by atoms with Crippen LogP contribution >= 0.6 is 0 Å². The summed E-state index contributed by atoms with van der Waals surface area (Å²) in [6.07, 6.45) is 0. The van der Waals surface area contributed by atoms with Gasteiger partial charge in [-0.25, -0.2) is 0 Å². The second kappa shape index (κ2) is 6.03. The monoisotopic (exact) mass is 235 g/mol. The molecule has 0 unspecified atom stereocenters. The zero-order valence-corrected chi connectivity index (χ0v) is 10.3. The molecule has 0 heterocycles. The van der Waals surface area contributed by atoms with Gasteiger partial charge >= 0.3 is 5.97 Å². The molecule has 0 saturated carbocycles. The van der Waals surface area contributed by atoms with Gasteiger partial charge in [-0.3, -0.25) is 9.59 Å². The molecule has 0 aliphatic rings. The van der Waals surface area contributed by atoms with E-state index in [-0.39, 0.29) is 17.9 Å². The molecule has 0 radical (unpaired) electrons. The zero-order chi connectivity index (χ0) is 12.8.